The Morgan fingerprint density at radius 3 is 2.21 bits per heavy atom. The second-order valence-electron chi connectivity index (χ2n) is 9.73. The molecular formula is C30H34ClN3O4S. The first kappa shape index (κ1) is 28.6. The number of hydrogen-bond acceptors (Lipinski definition) is 4. The Balaban J connectivity index is 1.69. The van der Waals surface area contributed by atoms with Crippen LogP contribution in [0.1, 0.15) is 44.6 Å². The van der Waals surface area contributed by atoms with Crippen LogP contribution in [0.4, 0.5) is 5.69 Å². The summed E-state index contributed by atoms with van der Waals surface area (Å²) in [5.74, 6) is -0.694. The highest BCUT2D eigenvalue weighted by Crippen LogP contribution is 2.27. The molecule has 9 heteroatoms. The Morgan fingerprint density at radius 2 is 1.59 bits per heavy atom. The number of rotatable bonds is 11. The van der Waals surface area contributed by atoms with Crippen LogP contribution in [0.25, 0.3) is 0 Å². The largest absolute Gasteiger partial charge is 0.352 e. The molecule has 1 aliphatic carbocycles. The predicted molar refractivity (Wildman–Crippen MR) is 154 cm³/mol. The van der Waals surface area contributed by atoms with Crippen molar-refractivity contribution >= 4 is 39.1 Å². The smallest absolute Gasteiger partial charge is 0.264 e. The molecule has 0 bridgehead atoms. The standard InChI is InChI=1S/C30H34ClN3O4S/c1-2-28(30(36)32-25-15-9-10-16-25)33(21-23-12-5-3-6-13-23)29(35)22-34(26-17-11-14-24(31)20-26)39(37,38)27-18-7-4-8-19-27/h3-8,11-14,17-20,25,28H,2,9-10,15-16,21-22H2,1H3,(H,32,36)/t28-/m0/s1. The summed E-state index contributed by atoms with van der Waals surface area (Å²) in [7, 11) is -4.12. The molecule has 1 saturated carbocycles. The summed E-state index contributed by atoms with van der Waals surface area (Å²) < 4.78 is 28.7. The summed E-state index contributed by atoms with van der Waals surface area (Å²) in [6.07, 6.45) is 4.37. The fourth-order valence-corrected chi connectivity index (χ4v) is 6.56. The molecule has 3 aromatic rings. The van der Waals surface area contributed by atoms with Crippen molar-refractivity contribution in [2.45, 2.75) is 62.6 Å². The quantitative estimate of drug-likeness (QED) is 0.336. The third-order valence-corrected chi connectivity index (χ3v) is 9.01. The van der Waals surface area contributed by atoms with Crippen molar-refractivity contribution in [1.29, 1.82) is 0 Å². The zero-order chi connectivity index (χ0) is 27.8. The van der Waals surface area contributed by atoms with Gasteiger partial charge in [-0.3, -0.25) is 13.9 Å². The maximum atomic E-state index is 14.0. The maximum absolute atomic E-state index is 14.0. The van der Waals surface area contributed by atoms with Crippen molar-refractivity contribution in [3.05, 3.63) is 95.5 Å². The van der Waals surface area contributed by atoms with Gasteiger partial charge in [0.1, 0.15) is 12.6 Å². The monoisotopic (exact) mass is 567 g/mol. The van der Waals surface area contributed by atoms with Crippen LogP contribution in [0.15, 0.2) is 89.8 Å². The van der Waals surface area contributed by atoms with Gasteiger partial charge in [0.15, 0.2) is 0 Å². The van der Waals surface area contributed by atoms with E-state index in [1.165, 1.54) is 23.1 Å². The van der Waals surface area contributed by atoms with Crippen molar-refractivity contribution in [3.8, 4) is 0 Å². The number of hydrogen-bond donors (Lipinski definition) is 1. The number of nitrogens with zero attached hydrogens (tertiary/aromatic N) is 2. The molecule has 3 aromatic carbocycles. The van der Waals surface area contributed by atoms with Gasteiger partial charge in [-0.15, -0.1) is 0 Å². The third kappa shape index (κ3) is 7.19. The van der Waals surface area contributed by atoms with Gasteiger partial charge in [-0.05, 0) is 55.2 Å². The first-order valence-electron chi connectivity index (χ1n) is 13.3. The first-order chi connectivity index (χ1) is 18.8. The van der Waals surface area contributed by atoms with Crippen LogP contribution in [-0.4, -0.2) is 43.8 Å². The summed E-state index contributed by atoms with van der Waals surface area (Å²) in [6, 6.07) is 23.1. The lowest BCUT2D eigenvalue weighted by Gasteiger charge is -2.33. The van der Waals surface area contributed by atoms with Crippen LogP contribution in [0, 0.1) is 0 Å². The first-order valence-corrected chi connectivity index (χ1v) is 15.1. The molecule has 0 aliphatic heterocycles. The van der Waals surface area contributed by atoms with Gasteiger partial charge in [0.25, 0.3) is 10.0 Å². The lowest BCUT2D eigenvalue weighted by atomic mass is 10.1. The zero-order valence-electron chi connectivity index (χ0n) is 22.0. The Hall–Kier alpha value is -3.36. The zero-order valence-corrected chi connectivity index (χ0v) is 23.6. The summed E-state index contributed by atoms with van der Waals surface area (Å²) >= 11 is 6.22. The SMILES string of the molecule is CC[C@@H](C(=O)NC1CCCC1)N(Cc1ccccc1)C(=O)CN(c1cccc(Cl)c1)S(=O)(=O)c1ccccc1. The average molecular weight is 568 g/mol. The van der Waals surface area contributed by atoms with E-state index in [2.05, 4.69) is 5.32 Å². The Bertz CT molecular complexity index is 1360. The van der Waals surface area contributed by atoms with Gasteiger partial charge in [0, 0.05) is 17.6 Å². The Kier molecular flexibility index (Phi) is 9.64. The van der Waals surface area contributed by atoms with Crippen LogP contribution in [0.5, 0.6) is 0 Å². The summed E-state index contributed by atoms with van der Waals surface area (Å²) in [6.45, 7) is 1.54. The molecule has 1 atom stereocenters. The lowest BCUT2D eigenvalue weighted by molar-refractivity contribution is -0.140. The van der Waals surface area contributed by atoms with Crippen molar-refractivity contribution in [2.75, 3.05) is 10.8 Å². The number of nitrogens with one attached hydrogen (secondary N) is 1. The van der Waals surface area contributed by atoms with E-state index in [1.54, 1.807) is 36.4 Å². The van der Waals surface area contributed by atoms with Crippen molar-refractivity contribution < 1.29 is 18.0 Å². The van der Waals surface area contributed by atoms with E-state index in [4.69, 9.17) is 11.6 Å². The minimum Gasteiger partial charge on any atom is -0.352 e. The number of amides is 2. The Labute approximate surface area is 235 Å². The minimum absolute atomic E-state index is 0.0541. The van der Waals surface area contributed by atoms with Crippen LogP contribution in [-0.2, 0) is 26.2 Å². The van der Waals surface area contributed by atoms with Crippen LogP contribution in [0.2, 0.25) is 5.02 Å². The molecule has 0 radical (unpaired) electrons. The molecule has 7 nitrogen and oxygen atoms in total. The summed E-state index contributed by atoms with van der Waals surface area (Å²) in [5.41, 5.74) is 1.11. The van der Waals surface area contributed by atoms with E-state index >= 15 is 0 Å². The predicted octanol–water partition coefficient (Wildman–Crippen LogP) is 5.40. The van der Waals surface area contributed by atoms with Gasteiger partial charge >= 0.3 is 0 Å². The number of benzene rings is 3. The molecule has 39 heavy (non-hydrogen) atoms. The van der Waals surface area contributed by atoms with Crippen LogP contribution < -0.4 is 9.62 Å². The highest BCUT2D eigenvalue weighted by Gasteiger charge is 2.34. The molecule has 0 unspecified atom stereocenters. The fraction of sp³-hybridized carbons (Fsp3) is 0.333. The molecule has 0 aromatic heterocycles. The number of anilines is 1. The second-order valence-corrected chi connectivity index (χ2v) is 12.0. The molecule has 206 valence electrons. The van der Waals surface area contributed by atoms with E-state index in [9.17, 15) is 18.0 Å². The van der Waals surface area contributed by atoms with Crippen molar-refractivity contribution in [3.63, 3.8) is 0 Å². The van der Waals surface area contributed by atoms with Gasteiger partial charge in [-0.1, -0.05) is 86.0 Å². The molecular weight excluding hydrogens is 534 g/mol. The fourth-order valence-electron chi connectivity index (χ4n) is 4.95. The van der Waals surface area contributed by atoms with Crippen LogP contribution >= 0.6 is 11.6 Å². The molecule has 0 heterocycles. The summed E-state index contributed by atoms with van der Waals surface area (Å²) in [5, 5.41) is 3.46. The summed E-state index contributed by atoms with van der Waals surface area (Å²) in [4.78, 5) is 29.0. The Morgan fingerprint density at radius 1 is 0.949 bits per heavy atom. The van der Waals surface area contributed by atoms with E-state index in [1.807, 2.05) is 37.3 Å². The molecule has 2 amide bonds. The average Bonchev–Trinajstić information content (AvgIpc) is 3.45. The normalized spacial score (nSPS) is 14.5. The third-order valence-electron chi connectivity index (χ3n) is 6.99. The number of halogens is 1. The topological polar surface area (TPSA) is 86.8 Å². The van der Waals surface area contributed by atoms with Crippen molar-refractivity contribution in [2.24, 2.45) is 0 Å². The molecule has 1 N–H and O–H groups in total. The van der Waals surface area contributed by atoms with Gasteiger partial charge in [0.05, 0.1) is 10.6 Å². The minimum atomic E-state index is -4.12. The van der Waals surface area contributed by atoms with E-state index in [0.29, 0.717) is 11.4 Å². The second kappa shape index (κ2) is 13.1. The van der Waals surface area contributed by atoms with E-state index < -0.39 is 28.5 Å². The van der Waals surface area contributed by atoms with Crippen molar-refractivity contribution in [1.82, 2.24) is 10.2 Å². The van der Waals surface area contributed by atoms with Gasteiger partial charge < -0.3 is 10.2 Å². The van der Waals surface area contributed by atoms with Crippen LogP contribution in [0.3, 0.4) is 0 Å². The molecule has 0 spiro atoms. The number of carbonyl (C=O) groups excluding carboxylic acids is 2. The van der Waals surface area contributed by atoms with Gasteiger partial charge in [-0.2, -0.15) is 0 Å². The number of carbonyl (C=O) groups is 2. The van der Waals surface area contributed by atoms with Gasteiger partial charge in [0.2, 0.25) is 11.8 Å². The number of sulfonamides is 1. The van der Waals surface area contributed by atoms with E-state index in [-0.39, 0.29) is 29.1 Å². The molecule has 1 aliphatic rings. The maximum Gasteiger partial charge on any atom is 0.264 e. The van der Waals surface area contributed by atoms with Gasteiger partial charge in [-0.25, -0.2) is 8.42 Å². The molecule has 0 saturated heterocycles. The molecule has 4 rings (SSSR count). The lowest BCUT2D eigenvalue weighted by Crippen LogP contribution is -2.53. The highest BCUT2D eigenvalue weighted by molar-refractivity contribution is 7.92. The molecule has 1 fully saturated rings. The van der Waals surface area contributed by atoms with E-state index in [0.717, 1.165) is 35.6 Å². The highest BCUT2D eigenvalue weighted by atomic mass is 35.5.